The Morgan fingerprint density at radius 1 is 1.39 bits per heavy atom. The standard InChI is InChI=1S/C12H22N2O4/c1-9-3-2-7-14(8-5-9)12(18)13-6-4-10(15)11(16)17/h9-10,15H,2-8H2,1H3,(H,13,18)(H,16,17)/t9?,10-/m0/s1. The zero-order chi connectivity index (χ0) is 13.5. The zero-order valence-corrected chi connectivity index (χ0v) is 10.8. The molecule has 0 saturated carbocycles. The van der Waals surface area contributed by atoms with Gasteiger partial charge in [-0.15, -0.1) is 0 Å². The Bertz CT molecular complexity index is 296. The molecule has 0 aliphatic carbocycles. The van der Waals surface area contributed by atoms with E-state index in [1.807, 2.05) is 0 Å². The van der Waals surface area contributed by atoms with E-state index < -0.39 is 12.1 Å². The fourth-order valence-corrected chi connectivity index (χ4v) is 2.02. The van der Waals surface area contributed by atoms with Gasteiger partial charge in [0.2, 0.25) is 0 Å². The average molecular weight is 258 g/mol. The number of aliphatic carboxylic acids is 1. The van der Waals surface area contributed by atoms with Gasteiger partial charge in [-0.05, 0) is 25.2 Å². The quantitative estimate of drug-likeness (QED) is 0.690. The molecule has 0 aromatic rings. The number of carboxylic acids is 1. The van der Waals surface area contributed by atoms with E-state index in [2.05, 4.69) is 12.2 Å². The Balaban J connectivity index is 2.25. The summed E-state index contributed by atoms with van der Waals surface area (Å²) < 4.78 is 0. The molecule has 1 unspecified atom stereocenters. The van der Waals surface area contributed by atoms with Crippen molar-refractivity contribution in [1.29, 1.82) is 0 Å². The van der Waals surface area contributed by atoms with Crippen molar-refractivity contribution in [2.45, 2.75) is 38.7 Å². The number of hydrogen-bond donors (Lipinski definition) is 3. The predicted octanol–water partition coefficient (Wildman–Crippen LogP) is 0.654. The smallest absolute Gasteiger partial charge is 0.332 e. The number of carbonyl (C=O) groups is 2. The highest BCUT2D eigenvalue weighted by molar-refractivity contribution is 5.74. The summed E-state index contributed by atoms with van der Waals surface area (Å²) in [5.74, 6) is -0.607. The van der Waals surface area contributed by atoms with Crippen molar-refractivity contribution in [3.8, 4) is 0 Å². The maximum absolute atomic E-state index is 11.8. The number of carbonyl (C=O) groups excluding carboxylic acids is 1. The summed E-state index contributed by atoms with van der Waals surface area (Å²) in [5, 5.41) is 20.2. The van der Waals surface area contributed by atoms with Gasteiger partial charge in [0, 0.05) is 26.1 Å². The summed E-state index contributed by atoms with van der Waals surface area (Å²) >= 11 is 0. The van der Waals surface area contributed by atoms with Crippen molar-refractivity contribution < 1.29 is 19.8 Å². The summed E-state index contributed by atoms with van der Waals surface area (Å²) in [5.41, 5.74) is 0. The molecule has 1 fully saturated rings. The van der Waals surface area contributed by atoms with Gasteiger partial charge >= 0.3 is 12.0 Å². The van der Waals surface area contributed by atoms with Gasteiger partial charge in [-0.2, -0.15) is 0 Å². The Morgan fingerprint density at radius 3 is 2.78 bits per heavy atom. The topological polar surface area (TPSA) is 89.9 Å². The Kier molecular flexibility index (Phi) is 5.91. The Hall–Kier alpha value is -1.30. The van der Waals surface area contributed by atoms with Gasteiger partial charge in [0.05, 0.1) is 0 Å². The van der Waals surface area contributed by atoms with Crippen LogP contribution in [-0.2, 0) is 4.79 Å². The fourth-order valence-electron chi connectivity index (χ4n) is 2.02. The maximum Gasteiger partial charge on any atom is 0.332 e. The lowest BCUT2D eigenvalue weighted by Gasteiger charge is -2.21. The normalized spacial score (nSPS) is 22.1. The minimum Gasteiger partial charge on any atom is -0.479 e. The van der Waals surface area contributed by atoms with Gasteiger partial charge in [-0.3, -0.25) is 0 Å². The van der Waals surface area contributed by atoms with Crippen LogP contribution in [0, 0.1) is 5.92 Å². The molecule has 1 rings (SSSR count). The molecule has 6 heteroatoms. The van der Waals surface area contributed by atoms with E-state index in [1.165, 1.54) is 0 Å². The number of amides is 2. The fraction of sp³-hybridized carbons (Fsp3) is 0.833. The summed E-state index contributed by atoms with van der Waals surface area (Å²) in [6, 6.07) is -0.165. The first-order valence-electron chi connectivity index (χ1n) is 6.44. The number of rotatable bonds is 4. The minimum absolute atomic E-state index is 0.0331. The van der Waals surface area contributed by atoms with Crippen LogP contribution < -0.4 is 5.32 Å². The van der Waals surface area contributed by atoms with Crippen LogP contribution in [0.1, 0.15) is 32.6 Å². The number of hydrogen-bond acceptors (Lipinski definition) is 3. The maximum atomic E-state index is 11.8. The average Bonchev–Trinajstić information content (AvgIpc) is 2.53. The molecule has 1 aliphatic rings. The monoisotopic (exact) mass is 258 g/mol. The molecule has 6 nitrogen and oxygen atoms in total. The van der Waals surface area contributed by atoms with Gasteiger partial charge in [0.1, 0.15) is 0 Å². The van der Waals surface area contributed by atoms with Gasteiger partial charge in [-0.25, -0.2) is 9.59 Å². The highest BCUT2D eigenvalue weighted by Crippen LogP contribution is 2.16. The second-order valence-electron chi connectivity index (χ2n) is 4.90. The highest BCUT2D eigenvalue weighted by atomic mass is 16.4. The van der Waals surface area contributed by atoms with E-state index >= 15 is 0 Å². The Labute approximate surface area is 107 Å². The van der Waals surface area contributed by atoms with Crippen molar-refractivity contribution in [2.75, 3.05) is 19.6 Å². The van der Waals surface area contributed by atoms with Gasteiger partial charge in [0.15, 0.2) is 6.10 Å². The van der Waals surface area contributed by atoms with E-state index in [1.54, 1.807) is 4.90 Å². The van der Waals surface area contributed by atoms with E-state index in [0.29, 0.717) is 5.92 Å². The number of urea groups is 1. The molecular weight excluding hydrogens is 236 g/mol. The molecule has 0 bridgehead atoms. The van der Waals surface area contributed by atoms with Crippen molar-refractivity contribution in [2.24, 2.45) is 5.92 Å². The van der Waals surface area contributed by atoms with Crippen LogP contribution in [0.15, 0.2) is 0 Å². The lowest BCUT2D eigenvalue weighted by molar-refractivity contribution is -0.146. The summed E-state index contributed by atoms with van der Waals surface area (Å²) in [6.07, 6.45) is 1.78. The zero-order valence-electron chi connectivity index (χ0n) is 10.8. The second kappa shape index (κ2) is 7.20. The summed E-state index contributed by atoms with van der Waals surface area (Å²) in [7, 11) is 0. The number of likely N-dealkylation sites (tertiary alicyclic amines) is 1. The lowest BCUT2D eigenvalue weighted by Crippen LogP contribution is -2.41. The molecule has 0 aromatic carbocycles. The number of nitrogens with zero attached hydrogens (tertiary/aromatic N) is 1. The van der Waals surface area contributed by atoms with Crippen LogP contribution in [0.2, 0.25) is 0 Å². The third-order valence-electron chi connectivity index (χ3n) is 3.28. The summed E-state index contributed by atoms with van der Waals surface area (Å²) in [4.78, 5) is 23.9. The lowest BCUT2D eigenvalue weighted by atomic mass is 10.0. The largest absolute Gasteiger partial charge is 0.479 e. The molecule has 2 atom stereocenters. The first-order chi connectivity index (χ1) is 8.50. The molecule has 0 radical (unpaired) electrons. The van der Waals surface area contributed by atoms with E-state index in [0.717, 1.165) is 32.4 Å². The van der Waals surface area contributed by atoms with Crippen LogP contribution in [0.4, 0.5) is 4.79 Å². The molecule has 1 heterocycles. The third-order valence-corrected chi connectivity index (χ3v) is 3.28. The molecule has 18 heavy (non-hydrogen) atoms. The van der Waals surface area contributed by atoms with Crippen LogP contribution in [0.5, 0.6) is 0 Å². The summed E-state index contributed by atoms with van der Waals surface area (Å²) in [6.45, 7) is 3.86. The van der Waals surface area contributed by atoms with Gasteiger partial charge in [-0.1, -0.05) is 6.92 Å². The minimum atomic E-state index is -1.41. The van der Waals surface area contributed by atoms with Crippen LogP contribution >= 0.6 is 0 Å². The molecule has 104 valence electrons. The molecule has 0 spiro atoms. The van der Waals surface area contributed by atoms with Crippen molar-refractivity contribution >= 4 is 12.0 Å². The number of carboxylic acid groups (broad SMARTS) is 1. The molecular formula is C12H22N2O4. The second-order valence-corrected chi connectivity index (χ2v) is 4.90. The van der Waals surface area contributed by atoms with E-state index in [-0.39, 0.29) is 19.0 Å². The third kappa shape index (κ3) is 4.91. The van der Waals surface area contributed by atoms with Crippen LogP contribution in [0.25, 0.3) is 0 Å². The van der Waals surface area contributed by atoms with Crippen molar-refractivity contribution in [1.82, 2.24) is 10.2 Å². The molecule has 2 amide bonds. The molecule has 0 aromatic heterocycles. The van der Waals surface area contributed by atoms with Gasteiger partial charge < -0.3 is 20.4 Å². The molecule has 1 saturated heterocycles. The highest BCUT2D eigenvalue weighted by Gasteiger charge is 2.19. The van der Waals surface area contributed by atoms with E-state index in [9.17, 15) is 9.59 Å². The van der Waals surface area contributed by atoms with Gasteiger partial charge in [0.25, 0.3) is 0 Å². The first-order valence-corrected chi connectivity index (χ1v) is 6.44. The molecule has 3 N–H and O–H groups in total. The Morgan fingerprint density at radius 2 is 2.11 bits per heavy atom. The molecule has 1 aliphatic heterocycles. The van der Waals surface area contributed by atoms with Crippen molar-refractivity contribution in [3.05, 3.63) is 0 Å². The van der Waals surface area contributed by atoms with Crippen LogP contribution in [0.3, 0.4) is 0 Å². The van der Waals surface area contributed by atoms with Crippen LogP contribution in [-0.4, -0.2) is 52.9 Å². The number of aliphatic hydroxyl groups is 1. The SMILES string of the molecule is CC1CCCN(C(=O)NCC[C@H](O)C(=O)O)CC1. The number of aliphatic hydroxyl groups excluding tert-OH is 1. The predicted molar refractivity (Wildman–Crippen MR) is 66.2 cm³/mol. The van der Waals surface area contributed by atoms with E-state index in [4.69, 9.17) is 10.2 Å². The van der Waals surface area contributed by atoms with Crippen molar-refractivity contribution in [3.63, 3.8) is 0 Å². The first kappa shape index (κ1) is 14.8. The number of nitrogens with one attached hydrogen (secondary N) is 1.